The van der Waals surface area contributed by atoms with E-state index >= 15 is 0 Å². The van der Waals surface area contributed by atoms with Gasteiger partial charge in [0.1, 0.15) is 0 Å². The molecule has 156 valence electrons. The Morgan fingerprint density at radius 3 is 2.55 bits per heavy atom. The summed E-state index contributed by atoms with van der Waals surface area (Å²) >= 11 is 0. The summed E-state index contributed by atoms with van der Waals surface area (Å²) in [5.41, 5.74) is 4.52. The molecule has 0 saturated heterocycles. The number of nitrogens with zero attached hydrogens (tertiary/aromatic N) is 2. The maximum atomic E-state index is 11.8. The van der Waals surface area contributed by atoms with Crippen molar-refractivity contribution < 1.29 is 14.8 Å². The number of rotatable bonds is 3. The number of benzene rings is 2. The van der Waals surface area contributed by atoms with Crippen LogP contribution < -0.4 is 10.0 Å². The van der Waals surface area contributed by atoms with E-state index in [1.807, 2.05) is 6.07 Å². The highest BCUT2D eigenvalue weighted by atomic mass is 16.6. The lowest BCUT2D eigenvalue weighted by Crippen LogP contribution is -2.46. The van der Waals surface area contributed by atoms with Gasteiger partial charge in [0.2, 0.25) is 0 Å². The third-order valence-corrected chi connectivity index (χ3v) is 7.51. The van der Waals surface area contributed by atoms with Crippen molar-refractivity contribution in [1.29, 1.82) is 0 Å². The normalized spacial score (nSPS) is 29.4. The minimum absolute atomic E-state index is 0.0153. The number of anilines is 1. The van der Waals surface area contributed by atoms with Gasteiger partial charge < -0.3 is 14.8 Å². The number of carbonyl (C=O) groups is 1. The van der Waals surface area contributed by atoms with Gasteiger partial charge in [-0.25, -0.2) is 0 Å². The fourth-order valence-electron chi connectivity index (χ4n) is 6.30. The lowest BCUT2D eigenvalue weighted by molar-refractivity contribution is -0.384. The summed E-state index contributed by atoms with van der Waals surface area (Å²) in [5, 5.41) is 23.2. The molecule has 0 bridgehead atoms. The van der Waals surface area contributed by atoms with Gasteiger partial charge >= 0.3 is 0 Å². The first-order valence-electron chi connectivity index (χ1n) is 10.8. The van der Waals surface area contributed by atoms with Gasteiger partial charge in [-0.3, -0.25) is 10.1 Å². The highest BCUT2D eigenvalue weighted by molar-refractivity contribution is 5.89. The lowest BCUT2D eigenvalue weighted by Gasteiger charge is -2.51. The van der Waals surface area contributed by atoms with Crippen molar-refractivity contribution in [2.45, 2.75) is 30.7 Å². The Balaban J connectivity index is 1.58. The predicted octanol–water partition coefficient (Wildman–Crippen LogP) is 3.85. The number of aromatic carboxylic acids is 1. The highest BCUT2D eigenvalue weighted by Gasteiger charge is 2.48. The fourth-order valence-corrected chi connectivity index (χ4v) is 6.30. The number of allylic oxidation sites excluding steroid dienone is 4. The molecular weight excluding hydrogens is 392 g/mol. The van der Waals surface area contributed by atoms with Crippen molar-refractivity contribution in [3.8, 4) is 0 Å². The Morgan fingerprint density at radius 1 is 1.03 bits per heavy atom. The zero-order chi connectivity index (χ0) is 21.3. The smallest absolute Gasteiger partial charge is 0.269 e. The molecule has 2 aromatic carbocycles. The number of hydrogen-bond acceptors (Lipinski definition) is 5. The van der Waals surface area contributed by atoms with Crippen molar-refractivity contribution in [3.05, 3.63) is 93.1 Å². The molecule has 6 rings (SSSR count). The van der Waals surface area contributed by atoms with Crippen LogP contribution in [-0.2, 0) is 0 Å². The molecule has 0 fully saturated rings. The second-order valence-electron chi connectivity index (χ2n) is 9.04. The monoisotopic (exact) mass is 413 g/mol. The van der Waals surface area contributed by atoms with Crippen LogP contribution in [0.15, 0.2) is 60.7 Å². The van der Waals surface area contributed by atoms with Crippen LogP contribution in [0.1, 0.15) is 57.8 Å². The second kappa shape index (κ2) is 6.54. The number of nitro groups is 1. The summed E-state index contributed by atoms with van der Waals surface area (Å²) in [5.74, 6) is -0.253. The molecule has 0 unspecified atom stereocenters. The van der Waals surface area contributed by atoms with E-state index in [4.69, 9.17) is 0 Å². The van der Waals surface area contributed by atoms with Crippen molar-refractivity contribution in [1.82, 2.24) is 0 Å². The topological polar surface area (TPSA) is 86.5 Å². The van der Waals surface area contributed by atoms with Crippen LogP contribution in [-0.4, -0.2) is 17.4 Å². The summed E-state index contributed by atoms with van der Waals surface area (Å²) in [7, 11) is 0. The molecule has 6 nitrogen and oxygen atoms in total. The number of fused-ring (bicyclic) bond motifs is 4. The van der Waals surface area contributed by atoms with E-state index in [1.54, 1.807) is 24.3 Å². The van der Waals surface area contributed by atoms with E-state index in [0.717, 1.165) is 41.8 Å². The van der Waals surface area contributed by atoms with Crippen molar-refractivity contribution in [2.75, 3.05) is 11.4 Å². The number of carboxylic acids is 1. The summed E-state index contributed by atoms with van der Waals surface area (Å²) in [6.07, 6.45) is 10.6. The Hall–Kier alpha value is -3.41. The summed E-state index contributed by atoms with van der Waals surface area (Å²) < 4.78 is 0. The van der Waals surface area contributed by atoms with Crippen LogP contribution in [0.4, 0.5) is 11.4 Å². The quantitative estimate of drug-likeness (QED) is 0.433. The van der Waals surface area contributed by atoms with Crippen LogP contribution in [0, 0.1) is 22.0 Å². The Labute approximate surface area is 179 Å². The molecule has 0 radical (unpaired) electrons. The van der Waals surface area contributed by atoms with Crippen LogP contribution in [0.5, 0.6) is 0 Å². The van der Waals surface area contributed by atoms with Crippen molar-refractivity contribution in [2.24, 2.45) is 11.8 Å². The highest BCUT2D eigenvalue weighted by Crippen LogP contribution is 2.59. The molecule has 5 atom stereocenters. The lowest BCUT2D eigenvalue weighted by atomic mass is 9.70. The molecule has 2 aliphatic heterocycles. The number of non-ortho nitro benzene ring substituents is 1. The van der Waals surface area contributed by atoms with Gasteiger partial charge in [0.05, 0.1) is 16.9 Å². The van der Waals surface area contributed by atoms with E-state index in [-0.39, 0.29) is 40.0 Å². The molecule has 31 heavy (non-hydrogen) atoms. The van der Waals surface area contributed by atoms with E-state index in [9.17, 15) is 20.0 Å². The summed E-state index contributed by atoms with van der Waals surface area (Å²) in [6.45, 7) is 0.860. The zero-order valence-corrected chi connectivity index (χ0v) is 16.8. The van der Waals surface area contributed by atoms with Crippen molar-refractivity contribution in [3.63, 3.8) is 0 Å². The maximum absolute atomic E-state index is 11.8. The molecule has 0 N–H and O–H groups in total. The SMILES string of the molecule is O=C([O-])c1cc2c3c(c1)[C@H]1C=CC[C@H]1[C@@H](c1cccc([N+](=O)[O-])c1)N3C[C@@H]1CC=C[C@H]21. The van der Waals surface area contributed by atoms with Crippen LogP contribution in [0.25, 0.3) is 0 Å². The molecule has 0 spiro atoms. The first-order chi connectivity index (χ1) is 15.0. The van der Waals surface area contributed by atoms with Crippen molar-refractivity contribution >= 4 is 17.3 Å². The van der Waals surface area contributed by atoms with E-state index < -0.39 is 5.97 Å². The molecule has 0 amide bonds. The number of carbonyl (C=O) groups excluding carboxylic acids is 1. The Morgan fingerprint density at radius 2 is 1.77 bits per heavy atom. The Bertz CT molecular complexity index is 1170. The van der Waals surface area contributed by atoms with E-state index in [2.05, 4.69) is 29.2 Å². The van der Waals surface area contributed by atoms with Crippen LogP contribution in [0.2, 0.25) is 0 Å². The molecule has 2 aliphatic carbocycles. The molecule has 6 heteroatoms. The third-order valence-electron chi connectivity index (χ3n) is 7.51. The molecule has 2 aromatic rings. The first kappa shape index (κ1) is 18.4. The zero-order valence-electron chi connectivity index (χ0n) is 16.8. The first-order valence-corrected chi connectivity index (χ1v) is 10.8. The number of hydrogen-bond donors (Lipinski definition) is 0. The van der Waals surface area contributed by atoms with E-state index in [0.29, 0.717) is 5.92 Å². The fraction of sp³-hybridized carbons (Fsp3) is 0.320. The average Bonchev–Trinajstić information content (AvgIpc) is 3.43. The van der Waals surface area contributed by atoms with Gasteiger partial charge in [-0.15, -0.1) is 0 Å². The van der Waals surface area contributed by atoms with E-state index in [1.165, 1.54) is 6.07 Å². The van der Waals surface area contributed by atoms with Gasteiger partial charge in [0, 0.05) is 36.2 Å². The molecule has 4 aliphatic rings. The predicted molar refractivity (Wildman–Crippen MR) is 114 cm³/mol. The van der Waals surface area contributed by atoms with Gasteiger partial charge in [-0.2, -0.15) is 0 Å². The Kier molecular flexibility index (Phi) is 3.88. The molecule has 0 aromatic heterocycles. The van der Waals surface area contributed by atoms with Gasteiger partial charge in [0.15, 0.2) is 0 Å². The molecular formula is C25H21N2O4-. The maximum Gasteiger partial charge on any atom is 0.269 e. The third kappa shape index (κ3) is 2.60. The molecule has 0 saturated carbocycles. The summed E-state index contributed by atoms with van der Waals surface area (Å²) in [6, 6.07) is 10.6. The van der Waals surface area contributed by atoms with Crippen LogP contribution >= 0.6 is 0 Å². The number of carboxylic acid groups (broad SMARTS) is 1. The average molecular weight is 413 g/mol. The largest absolute Gasteiger partial charge is 0.545 e. The number of nitro benzene ring substituents is 1. The van der Waals surface area contributed by atoms with Crippen LogP contribution in [0.3, 0.4) is 0 Å². The van der Waals surface area contributed by atoms with Gasteiger partial charge in [0.25, 0.3) is 5.69 Å². The molecule has 2 heterocycles. The minimum atomic E-state index is -1.14. The standard InChI is InChI=1S/C25H22N2O4/c28-25(29)16-11-21-18-7-2-5-15(18)13-26-23(14-4-1-6-17(10-14)27(30)31)20-9-3-8-19(20)22(12-16)24(21)26/h1-4,6-8,10-12,15,18-20,23H,5,9,13H2,(H,28,29)/p-1/t15-,18-,19-,20+,23+/m0/s1. The van der Waals surface area contributed by atoms with Gasteiger partial charge in [-0.05, 0) is 59.1 Å². The second-order valence-corrected chi connectivity index (χ2v) is 9.04. The van der Waals surface area contributed by atoms with Gasteiger partial charge in [-0.1, -0.05) is 36.4 Å². The minimum Gasteiger partial charge on any atom is -0.545 e. The summed E-state index contributed by atoms with van der Waals surface area (Å²) in [4.78, 5) is 25.3.